The minimum atomic E-state index is 0.641. The molecule has 0 bridgehead atoms. The van der Waals surface area contributed by atoms with Crippen molar-refractivity contribution in [1.29, 1.82) is 0 Å². The Hall–Kier alpha value is -2.40. The summed E-state index contributed by atoms with van der Waals surface area (Å²) in [6.07, 6.45) is 15.5. The highest BCUT2D eigenvalue weighted by molar-refractivity contribution is 5.56. The molecule has 0 saturated carbocycles. The molecule has 5 heteroatoms. The van der Waals surface area contributed by atoms with Crippen molar-refractivity contribution in [3.63, 3.8) is 0 Å². The first-order chi connectivity index (χ1) is 14.8. The third kappa shape index (κ3) is 9.88. The Balaban J connectivity index is 1.68. The molecular formula is C25H36N2O3. The van der Waals surface area contributed by atoms with Gasteiger partial charge in [-0.25, -0.2) is 9.97 Å². The monoisotopic (exact) mass is 412 g/mol. The molecule has 0 N–H and O–H groups in total. The Morgan fingerprint density at radius 2 is 1.40 bits per heavy atom. The van der Waals surface area contributed by atoms with E-state index in [1.54, 1.807) is 12.4 Å². The molecule has 2 aromatic rings. The fourth-order valence-electron chi connectivity index (χ4n) is 2.79. The smallest absolute Gasteiger partial charge is 0.159 e. The van der Waals surface area contributed by atoms with Gasteiger partial charge in [0.15, 0.2) is 11.6 Å². The Morgan fingerprint density at radius 3 is 2.13 bits per heavy atom. The normalized spacial score (nSPS) is 11.1. The minimum absolute atomic E-state index is 0.641. The van der Waals surface area contributed by atoms with Crippen LogP contribution in [0.5, 0.6) is 11.5 Å². The molecule has 0 aliphatic carbocycles. The van der Waals surface area contributed by atoms with Gasteiger partial charge in [0, 0.05) is 18.8 Å². The number of hydrogen-bond acceptors (Lipinski definition) is 5. The van der Waals surface area contributed by atoms with E-state index in [2.05, 4.69) is 36.0 Å². The van der Waals surface area contributed by atoms with Crippen LogP contribution in [0.3, 0.4) is 0 Å². The Bertz CT molecular complexity index is 699. The van der Waals surface area contributed by atoms with E-state index >= 15 is 0 Å². The van der Waals surface area contributed by atoms with Crippen molar-refractivity contribution in [1.82, 2.24) is 9.97 Å². The van der Waals surface area contributed by atoms with Crippen molar-refractivity contribution in [2.45, 2.75) is 58.8 Å². The highest BCUT2D eigenvalue weighted by atomic mass is 16.5. The molecule has 0 radical (unpaired) electrons. The van der Waals surface area contributed by atoms with Gasteiger partial charge in [-0.15, -0.1) is 0 Å². The van der Waals surface area contributed by atoms with Gasteiger partial charge in [0.05, 0.1) is 25.6 Å². The van der Waals surface area contributed by atoms with Gasteiger partial charge in [0.2, 0.25) is 0 Å². The summed E-state index contributed by atoms with van der Waals surface area (Å²) in [4.78, 5) is 8.84. The number of allylic oxidation sites excluding steroid dienone is 1. The van der Waals surface area contributed by atoms with Gasteiger partial charge in [-0.1, -0.05) is 38.8 Å². The summed E-state index contributed by atoms with van der Waals surface area (Å²) < 4.78 is 17.0. The summed E-state index contributed by atoms with van der Waals surface area (Å²) in [6, 6.07) is 7.89. The van der Waals surface area contributed by atoms with E-state index in [0.717, 1.165) is 56.6 Å². The van der Waals surface area contributed by atoms with Crippen molar-refractivity contribution in [2.24, 2.45) is 0 Å². The highest BCUT2D eigenvalue weighted by Gasteiger charge is 2.03. The van der Waals surface area contributed by atoms with Crippen LogP contribution in [0, 0.1) is 0 Å². The van der Waals surface area contributed by atoms with Crippen molar-refractivity contribution in [2.75, 3.05) is 26.4 Å². The first-order valence-electron chi connectivity index (χ1n) is 11.2. The molecule has 0 aliphatic heterocycles. The van der Waals surface area contributed by atoms with Gasteiger partial charge in [0.25, 0.3) is 0 Å². The molecule has 0 aliphatic rings. The molecule has 0 unspecified atom stereocenters. The van der Waals surface area contributed by atoms with Crippen LogP contribution in [0.1, 0.15) is 58.8 Å². The number of rotatable bonds is 16. The van der Waals surface area contributed by atoms with Crippen LogP contribution in [0.4, 0.5) is 0 Å². The van der Waals surface area contributed by atoms with Crippen molar-refractivity contribution in [3.05, 3.63) is 48.8 Å². The second kappa shape index (κ2) is 15.4. The molecule has 1 heterocycles. The van der Waals surface area contributed by atoms with Crippen molar-refractivity contribution < 1.29 is 14.2 Å². The maximum Gasteiger partial charge on any atom is 0.159 e. The number of unbranched alkanes of at least 4 members (excludes halogenated alkanes) is 3. The van der Waals surface area contributed by atoms with Crippen LogP contribution in [0.25, 0.3) is 11.4 Å². The summed E-state index contributed by atoms with van der Waals surface area (Å²) in [5.41, 5.74) is 0.959. The van der Waals surface area contributed by atoms with Gasteiger partial charge >= 0.3 is 0 Å². The van der Waals surface area contributed by atoms with Crippen LogP contribution in [0.2, 0.25) is 0 Å². The number of aromatic nitrogens is 2. The molecular weight excluding hydrogens is 376 g/mol. The topological polar surface area (TPSA) is 53.5 Å². The lowest BCUT2D eigenvalue weighted by molar-refractivity contribution is 0.127. The van der Waals surface area contributed by atoms with Crippen LogP contribution < -0.4 is 9.47 Å². The molecule has 0 saturated heterocycles. The van der Waals surface area contributed by atoms with E-state index in [4.69, 9.17) is 14.2 Å². The minimum Gasteiger partial charge on any atom is -0.494 e. The maximum atomic E-state index is 5.79. The molecule has 5 nitrogen and oxygen atoms in total. The first-order valence-corrected chi connectivity index (χ1v) is 11.2. The van der Waals surface area contributed by atoms with Gasteiger partial charge in [0.1, 0.15) is 5.75 Å². The zero-order chi connectivity index (χ0) is 21.3. The number of nitrogens with zero attached hydrogens (tertiary/aromatic N) is 2. The molecule has 1 aromatic heterocycles. The fraction of sp³-hybridized carbons (Fsp3) is 0.520. The van der Waals surface area contributed by atoms with Crippen LogP contribution >= 0.6 is 0 Å². The number of benzene rings is 1. The van der Waals surface area contributed by atoms with Gasteiger partial charge in [-0.05, 0) is 56.4 Å². The van der Waals surface area contributed by atoms with Crippen LogP contribution in [-0.4, -0.2) is 36.4 Å². The molecule has 30 heavy (non-hydrogen) atoms. The van der Waals surface area contributed by atoms with E-state index in [0.29, 0.717) is 24.8 Å². The van der Waals surface area contributed by atoms with E-state index < -0.39 is 0 Å². The standard InChI is InChI=1S/C25H36N2O3/c1-3-5-6-7-8-9-18-30-24-20-26-25(27-21-24)22-12-14-23(15-13-22)29-19-11-10-17-28-16-4-2/h7-8,12-15,20-21H,3-6,9-11,16-19H2,1-2H3/b8-7-. The maximum absolute atomic E-state index is 5.79. The molecule has 2 rings (SSSR count). The van der Waals surface area contributed by atoms with E-state index in [9.17, 15) is 0 Å². The molecule has 164 valence electrons. The lowest BCUT2D eigenvalue weighted by Gasteiger charge is -2.08. The van der Waals surface area contributed by atoms with E-state index in [1.807, 2.05) is 24.3 Å². The summed E-state index contributed by atoms with van der Waals surface area (Å²) in [6.45, 7) is 7.31. The molecule has 0 fully saturated rings. The van der Waals surface area contributed by atoms with Crippen molar-refractivity contribution in [3.8, 4) is 22.9 Å². The Kier molecular flexibility index (Phi) is 12.3. The predicted molar refractivity (Wildman–Crippen MR) is 122 cm³/mol. The number of hydrogen-bond donors (Lipinski definition) is 0. The summed E-state index contributed by atoms with van der Waals surface area (Å²) >= 11 is 0. The molecule has 0 spiro atoms. The van der Waals surface area contributed by atoms with Crippen molar-refractivity contribution >= 4 is 0 Å². The molecule has 1 aromatic carbocycles. The largest absolute Gasteiger partial charge is 0.494 e. The lowest BCUT2D eigenvalue weighted by Crippen LogP contribution is -2.01. The van der Waals surface area contributed by atoms with E-state index in [-0.39, 0.29) is 0 Å². The Labute approximate surface area is 181 Å². The SMILES string of the molecule is CCCC/C=C\CCOc1cnc(-c2ccc(OCCCCOCCC)cc2)nc1. The average Bonchev–Trinajstić information content (AvgIpc) is 2.79. The third-order valence-corrected chi connectivity index (χ3v) is 4.49. The van der Waals surface area contributed by atoms with Gasteiger partial charge in [-0.2, -0.15) is 0 Å². The van der Waals surface area contributed by atoms with Crippen LogP contribution in [0.15, 0.2) is 48.8 Å². The first kappa shape index (κ1) is 23.9. The molecule has 0 atom stereocenters. The summed E-state index contributed by atoms with van der Waals surface area (Å²) in [5.74, 6) is 2.24. The number of ether oxygens (including phenoxy) is 3. The third-order valence-electron chi connectivity index (χ3n) is 4.49. The Morgan fingerprint density at radius 1 is 0.700 bits per heavy atom. The highest BCUT2D eigenvalue weighted by Crippen LogP contribution is 2.20. The predicted octanol–water partition coefficient (Wildman–Crippen LogP) is 6.24. The van der Waals surface area contributed by atoms with Gasteiger partial charge in [-0.3, -0.25) is 0 Å². The van der Waals surface area contributed by atoms with E-state index in [1.165, 1.54) is 12.8 Å². The summed E-state index contributed by atoms with van der Waals surface area (Å²) in [5, 5.41) is 0. The second-order valence-electron chi connectivity index (χ2n) is 7.19. The van der Waals surface area contributed by atoms with Crippen LogP contribution in [-0.2, 0) is 4.74 Å². The van der Waals surface area contributed by atoms with Gasteiger partial charge < -0.3 is 14.2 Å². The zero-order valence-electron chi connectivity index (χ0n) is 18.5. The average molecular weight is 413 g/mol. The lowest BCUT2D eigenvalue weighted by atomic mass is 10.2. The fourth-order valence-corrected chi connectivity index (χ4v) is 2.79. The summed E-state index contributed by atoms with van der Waals surface area (Å²) in [7, 11) is 0. The second-order valence-corrected chi connectivity index (χ2v) is 7.19. The quantitative estimate of drug-likeness (QED) is 0.241. The molecule has 0 amide bonds. The zero-order valence-corrected chi connectivity index (χ0v) is 18.5.